The minimum absolute atomic E-state index is 0.0293. The van der Waals surface area contributed by atoms with Crippen molar-refractivity contribution in [2.24, 2.45) is 5.73 Å². The van der Waals surface area contributed by atoms with E-state index in [1.165, 1.54) is 0 Å². The Balaban J connectivity index is 1.25. The number of anilines is 1. The highest BCUT2D eigenvalue weighted by Crippen LogP contribution is 2.32. The first kappa shape index (κ1) is 33.2. The van der Waals surface area contributed by atoms with Gasteiger partial charge in [-0.25, -0.2) is 0 Å². The number of hydrogen-bond donors (Lipinski definition) is 5. The van der Waals surface area contributed by atoms with Crippen LogP contribution in [0.2, 0.25) is 0 Å². The number of carbonyl (C=O) groups is 5. The van der Waals surface area contributed by atoms with Crippen LogP contribution in [0.5, 0.6) is 0 Å². The molecule has 6 N–H and O–H groups in total. The number of alkyl halides is 1. The molecule has 0 spiro atoms. The lowest BCUT2D eigenvalue weighted by Gasteiger charge is -2.27. The molecule has 0 radical (unpaired) electrons. The molecule has 1 unspecified atom stereocenters. The van der Waals surface area contributed by atoms with E-state index in [1.807, 2.05) is 0 Å². The van der Waals surface area contributed by atoms with Crippen LogP contribution >= 0.6 is 22.6 Å². The molecule has 1 aromatic carbocycles. The molecular formula is C27H37IN6O8. The van der Waals surface area contributed by atoms with Crippen LogP contribution in [-0.2, 0) is 28.6 Å². The number of ether oxygens (including phenoxy) is 3. The van der Waals surface area contributed by atoms with Gasteiger partial charge in [0.25, 0.3) is 11.8 Å². The Morgan fingerprint density at radius 1 is 1.05 bits per heavy atom. The number of benzene rings is 1. The average molecular weight is 701 g/mol. The third kappa shape index (κ3) is 9.92. The summed E-state index contributed by atoms with van der Waals surface area (Å²) in [5, 5.41) is 11.1. The van der Waals surface area contributed by atoms with Crippen molar-refractivity contribution >= 4 is 57.8 Å². The van der Waals surface area contributed by atoms with Gasteiger partial charge in [-0.15, -0.1) is 0 Å². The summed E-state index contributed by atoms with van der Waals surface area (Å²) in [6.07, 6.45) is 3.01. The summed E-state index contributed by atoms with van der Waals surface area (Å²) < 4.78 is 17.1. The number of nitrogens with one attached hydrogen (secondary N) is 4. The van der Waals surface area contributed by atoms with Gasteiger partial charge in [-0.1, -0.05) is 28.7 Å². The molecule has 0 aromatic heterocycles. The van der Waals surface area contributed by atoms with E-state index in [1.54, 1.807) is 24.4 Å². The smallest absolute Gasteiger partial charge is 0.264 e. The molecule has 2 heterocycles. The van der Waals surface area contributed by atoms with Crippen LogP contribution in [0, 0.1) is 0 Å². The summed E-state index contributed by atoms with van der Waals surface area (Å²) in [5.74, 6) is -2.15. The molecule has 5 amide bonds. The molecule has 0 saturated carbocycles. The van der Waals surface area contributed by atoms with Crippen molar-refractivity contribution in [3.05, 3.63) is 41.2 Å². The van der Waals surface area contributed by atoms with E-state index < -0.39 is 29.7 Å². The van der Waals surface area contributed by atoms with Gasteiger partial charge in [-0.05, 0) is 25.0 Å². The summed E-state index contributed by atoms with van der Waals surface area (Å²) in [4.78, 5) is 62.0. The van der Waals surface area contributed by atoms with Crippen LogP contribution in [0.15, 0.2) is 30.1 Å². The normalized spacial score (nSPS) is 16.8. The Hall–Kier alpha value is -3.28. The van der Waals surface area contributed by atoms with E-state index in [-0.39, 0.29) is 36.5 Å². The Labute approximate surface area is 257 Å². The zero-order valence-corrected chi connectivity index (χ0v) is 25.4. The quantitative estimate of drug-likeness (QED) is 0.0437. The van der Waals surface area contributed by atoms with Gasteiger partial charge < -0.3 is 35.9 Å². The van der Waals surface area contributed by atoms with Crippen molar-refractivity contribution in [1.82, 2.24) is 20.9 Å². The average Bonchev–Trinajstić information content (AvgIpc) is 3.21. The second-order valence-corrected chi connectivity index (χ2v) is 10.2. The molecule has 3 rings (SSSR count). The van der Waals surface area contributed by atoms with Crippen LogP contribution in [0.3, 0.4) is 0 Å². The van der Waals surface area contributed by atoms with Crippen molar-refractivity contribution in [1.29, 1.82) is 0 Å². The minimum atomic E-state index is -1.01. The van der Waals surface area contributed by atoms with Gasteiger partial charge in [0.15, 0.2) is 0 Å². The minimum Gasteiger partial charge on any atom is -0.399 e. The third-order valence-corrected chi connectivity index (χ3v) is 6.70. The lowest BCUT2D eigenvalue weighted by Crippen LogP contribution is -2.54. The van der Waals surface area contributed by atoms with Gasteiger partial charge >= 0.3 is 0 Å². The molecule has 1 aromatic rings. The first-order valence-corrected chi connectivity index (χ1v) is 15.2. The second kappa shape index (κ2) is 17.6. The lowest BCUT2D eigenvalue weighted by atomic mass is 10.0. The maximum Gasteiger partial charge on any atom is 0.264 e. The van der Waals surface area contributed by atoms with E-state index >= 15 is 0 Å². The molecule has 14 nitrogen and oxygen atoms in total. The molecule has 0 bridgehead atoms. The van der Waals surface area contributed by atoms with Crippen molar-refractivity contribution in [3.63, 3.8) is 0 Å². The number of rotatable bonds is 19. The Morgan fingerprint density at radius 2 is 1.79 bits per heavy atom. The number of carbonyl (C=O) groups excluding carboxylic acids is 5. The molecule has 42 heavy (non-hydrogen) atoms. The Bertz CT molecular complexity index is 1160. The monoisotopic (exact) mass is 700 g/mol. The summed E-state index contributed by atoms with van der Waals surface area (Å²) in [6, 6.07) is 3.88. The molecule has 230 valence electrons. The molecule has 2 aliphatic rings. The third-order valence-electron chi connectivity index (χ3n) is 6.32. The number of imide groups is 2. The largest absolute Gasteiger partial charge is 0.399 e. The second-order valence-electron chi connectivity index (χ2n) is 9.39. The molecule has 0 aliphatic carbocycles. The van der Waals surface area contributed by atoms with Gasteiger partial charge in [0.1, 0.15) is 6.04 Å². The number of hydrogen-bond acceptors (Lipinski definition) is 11. The first-order chi connectivity index (χ1) is 20.3. The zero-order chi connectivity index (χ0) is 30.3. The van der Waals surface area contributed by atoms with Crippen molar-refractivity contribution < 1.29 is 38.2 Å². The van der Waals surface area contributed by atoms with Crippen LogP contribution in [-0.4, -0.2) is 97.8 Å². The van der Waals surface area contributed by atoms with Gasteiger partial charge in [-0.3, -0.25) is 34.2 Å². The van der Waals surface area contributed by atoms with Crippen LogP contribution in [0.1, 0.15) is 46.4 Å². The fraction of sp³-hybridized carbons (Fsp3) is 0.519. The highest BCUT2D eigenvalue weighted by molar-refractivity contribution is 14.1. The first-order valence-electron chi connectivity index (χ1n) is 13.7. The zero-order valence-electron chi connectivity index (χ0n) is 23.2. The van der Waals surface area contributed by atoms with E-state index in [2.05, 4.69) is 43.9 Å². The molecule has 15 heteroatoms. The van der Waals surface area contributed by atoms with E-state index in [4.69, 9.17) is 19.9 Å². The summed E-state index contributed by atoms with van der Waals surface area (Å²) in [7, 11) is 0. The van der Waals surface area contributed by atoms with Crippen molar-refractivity contribution in [2.75, 3.05) is 62.6 Å². The van der Waals surface area contributed by atoms with Gasteiger partial charge in [0, 0.05) is 37.8 Å². The van der Waals surface area contributed by atoms with Gasteiger partial charge in [-0.2, -0.15) is 0 Å². The van der Waals surface area contributed by atoms with Crippen molar-refractivity contribution in [3.8, 4) is 0 Å². The van der Waals surface area contributed by atoms with E-state index in [0.717, 1.165) is 4.90 Å². The van der Waals surface area contributed by atoms with Crippen LogP contribution in [0.25, 0.3) is 0 Å². The fourth-order valence-electron chi connectivity index (χ4n) is 4.31. The molecule has 1 atom stereocenters. The predicted molar refractivity (Wildman–Crippen MR) is 161 cm³/mol. The summed E-state index contributed by atoms with van der Waals surface area (Å²) in [6.45, 7) is 3.09. The van der Waals surface area contributed by atoms with Gasteiger partial charge in [0.05, 0.1) is 61.0 Å². The molecule has 2 aliphatic heterocycles. The maximum atomic E-state index is 13.1. The number of fused-ring (bicyclic) bond motifs is 1. The fourth-order valence-corrected chi connectivity index (χ4v) is 4.73. The molecule has 1 saturated heterocycles. The summed E-state index contributed by atoms with van der Waals surface area (Å²) in [5.41, 5.74) is 7.31. The van der Waals surface area contributed by atoms with E-state index in [9.17, 15) is 24.0 Å². The lowest BCUT2D eigenvalue weighted by molar-refractivity contribution is -0.136. The Kier molecular flexibility index (Phi) is 13.9. The number of amides is 5. The van der Waals surface area contributed by atoms with E-state index in [0.29, 0.717) is 74.9 Å². The van der Waals surface area contributed by atoms with Gasteiger partial charge in [0.2, 0.25) is 17.7 Å². The number of halogens is 1. The Morgan fingerprint density at radius 3 is 2.52 bits per heavy atom. The topological polar surface area (TPSA) is 190 Å². The standard InChI is InChI=1S/C27H37IN6O8/c28-17-32-22(35)5-2-8-30-15-18(29)16-42-14-13-41-12-11-40-10-9-31-20-4-1-3-19-24(20)27(39)34(26(19)38)21-6-7-23(36)33-25(21)37/h1,3-4,15,21,30-31H,2,5-14,16-17,29H2,(H,32,35)(H,33,36,37)/b18-15-. The number of piperidine rings is 1. The summed E-state index contributed by atoms with van der Waals surface area (Å²) >= 11 is 2.09. The van der Waals surface area contributed by atoms with Crippen LogP contribution in [0.4, 0.5) is 5.69 Å². The highest BCUT2D eigenvalue weighted by Gasteiger charge is 2.45. The highest BCUT2D eigenvalue weighted by atomic mass is 127. The maximum absolute atomic E-state index is 13.1. The SMILES string of the molecule is N/C(=C\NCCCC(=O)NCI)COCCOCCOCCNc1cccc2c1C(=O)N(C1CCC(=O)NC1=O)C2=O. The molecular weight excluding hydrogens is 663 g/mol. The number of nitrogens with two attached hydrogens (primary N) is 1. The molecule has 1 fully saturated rings. The van der Waals surface area contributed by atoms with Crippen LogP contribution < -0.4 is 27.0 Å². The predicted octanol–water partition coefficient (Wildman–Crippen LogP) is 0.228. The number of nitrogens with zero attached hydrogens (tertiary/aromatic N) is 1. The van der Waals surface area contributed by atoms with Crippen molar-refractivity contribution in [2.45, 2.75) is 31.7 Å².